The van der Waals surface area contributed by atoms with Gasteiger partial charge < -0.3 is 9.84 Å². The van der Waals surface area contributed by atoms with Gasteiger partial charge in [-0.1, -0.05) is 27.7 Å². The van der Waals surface area contributed by atoms with Gasteiger partial charge in [0, 0.05) is 6.07 Å². The Bertz CT molecular complexity index is 494. The van der Waals surface area contributed by atoms with Gasteiger partial charge in [0.15, 0.2) is 0 Å². The van der Waals surface area contributed by atoms with Crippen LogP contribution in [0.15, 0.2) is 35.9 Å². The van der Waals surface area contributed by atoms with Crippen LogP contribution in [0.5, 0.6) is 11.5 Å². The van der Waals surface area contributed by atoms with Gasteiger partial charge in [-0.3, -0.25) is 6.08 Å². The average molecular weight is 321 g/mol. The summed E-state index contributed by atoms with van der Waals surface area (Å²) in [5.41, 5.74) is 2.38. The van der Waals surface area contributed by atoms with Crippen LogP contribution in [0, 0.1) is 6.08 Å². The predicted octanol–water partition coefficient (Wildman–Crippen LogP) is 4.36. The molecule has 0 saturated heterocycles. The molecule has 0 fully saturated rings. The van der Waals surface area contributed by atoms with Gasteiger partial charge in [-0.2, -0.15) is 6.08 Å². The third-order valence-corrected chi connectivity index (χ3v) is 2.86. The second-order valence-corrected chi connectivity index (χ2v) is 5.64. The molecular weight excluding hydrogens is 296 g/mol. The Morgan fingerprint density at radius 1 is 1.24 bits per heavy atom. The number of allylic oxidation sites excluding steroid dienone is 4. The quantitative estimate of drug-likeness (QED) is 0.615. The number of ether oxygens (including phenoxy) is 1. The van der Waals surface area contributed by atoms with Crippen molar-refractivity contribution in [1.82, 2.24) is 0 Å². The first-order valence-corrected chi connectivity index (χ1v) is 7.91. The first kappa shape index (κ1) is 19.9. The molecule has 0 aromatic heterocycles. The predicted molar refractivity (Wildman–Crippen MR) is 86.7 cm³/mol. The molecule has 1 N–H and O–H groups in total. The normalized spacial score (nSPS) is 12.6. The topological polar surface area (TPSA) is 29.5 Å². The van der Waals surface area contributed by atoms with Gasteiger partial charge in [-0.05, 0) is 23.1 Å². The summed E-state index contributed by atoms with van der Waals surface area (Å²) in [5, 5.41) is 9.41. The fourth-order valence-electron chi connectivity index (χ4n) is 1.65. The molecule has 0 atom stereocenters. The summed E-state index contributed by atoms with van der Waals surface area (Å²) >= 11 is 1.75. The Hall–Kier alpha value is -1.12. The van der Waals surface area contributed by atoms with E-state index >= 15 is 0 Å². The zero-order valence-corrected chi connectivity index (χ0v) is 15.2. The average Bonchev–Trinajstić information content (AvgIpc) is 2.91. The minimum atomic E-state index is 0.0338. The summed E-state index contributed by atoms with van der Waals surface area (Å²) in [6.07, 6.45) is 8.33. The summed E-state index contributed by atoms with van der Waals surface area (Å²) in [6.45, 7) is 8.35. The molecule has 1 aromatic rings. The van der Waals surface area contributed by atoms with Crippen LogP contribution in [0.3, 0.4) is 0 Å². The van der Waals surface area contributed by atoms with E-state index in [1.165, 1.54) is 5.57 Å². The van der Waals surface area contributed by atoms with E-state index in [2.05, 4.69) is 50.7 Å². The number of phenols is 1. The first-order chi connectivity index (χ1) is 9.82. The van der Waals surface area contributed by atoms with Crippen LogP contribution in [-0.4, -0.2) is 17.0 Å². The van der Waals surface area contributed by atoms with Crippen molar-refractivity contribution in [1.29, 1.82) is 0 Å². The molecule has 0 saturated carbocycles. The van der Waals surface area contributed by atoms with Gasteiger partial charge in [-0.15, -0.1) is 6.42 Å². The summed E-state index contributed by atoms with van der Waals surface area (Å²) < 4.78 is 5.07. The molecule has 2 nitrogen and oxygen atoms in total. The zero-order valence-electron chi connectivity index (χ0n) is 13.7. The number of benzene rings is 1. The molecule has 3 heteroatoms. The number of hydrogen-bond donors (Lipinski definition) is 1. The maximum atomic E-state index is 9.41. The second kappa shape index (κ2) is 9.75. The van der Waals surface area contributed by atoms with Crippen LogP contribution in [0.2, 0.25) is 0 Å². The van der Waals surface area contributed by atoms with Gasteiger partial charge in [0.25, 0.3) is 0 Å². The van der Waals surface area contributed by atoms with E-state index in [-0.39, 0.29) is 11.2 Å². The van der Waals surface area contributed by atoms with Crippen molar-refractivity contribution in [3.8, 4) is 11.5 Å². The van der Waals surface area contributed by atoms with Crippen molar-refractivity contribution in [3.05, 3.63) is 47.6 Å². The Morgan fingerprint density at radius 3 is 2.19 bits per heavy atom. The van der Waals surface area contributed by atoms with Crippen molar-refractivity contribution in [2.75, 3.05) is 7.11 Å². The van der Waals surface area contributed by atoms with Crippen LogP contribution in [-0.2, 0) is 25.4 Å². The van der Waals surface area contributed by atoms with Crippen molar-refractivity contribution in [3.63, 3.8) is 0 Å². The summed E-state index contributed by atoms with van der Waals surface area (Å²) in [6, 6.07) is 5.32. The van der Waals surface area contributed by atoms with Crippen molar-refractivity contribution >= 4 is 4.82 Å². The van der Waals surface area contributed by atoms with Crippen molar-refractivity contribution in [2.45, 2.75) is 39.5 Å². The Labute approximate surface area is 140 Å². The summed E-state index contributed by atoms with van der Waals surface area (Å²) in [5.74, 6) is 0.953. The Kier molecular flexibility index (Phi) is 9.24. The van der Waals surface area contributed by atoms with Gasteiger partial charge in [-0.25, -0.2) is 11.6 Å². The molecule has 0 heterocycles. The van der Waals surface area contributed by atoms with E-state index in [9.17, 15) is 5.11 Å². The van der Waals surface area contributed by atoms with Gasteiger partial charge in [0.1, 0.15) is 11.5 Å². The first-order valence-electron chi connectivity index (χ1n) is 6.81. The summed E-state index contributed by atoms with van der Waals surface area (Å²) in [4.78, 5) is 3.25. The molecule has 0 unspecified atom stereocenters. The fraction of sp³-hybridized carbons (Fsp3) is 0.389. The van der Waals surface area contributed by atoms with E-state index in [0.29, 0.717) is 5.75 Å². The molecule has 1 aromatic carbocycles. The number of aromatic hydroxyl groups is 1. The molecular formula is C18H25O2Ti. The third kappa shape index (κ3) is 8.04. The van der Waals surface area contributed by atoms with Crippen LogP contribution in [0.25, 0.3) is 0 Å². The molecule has 0 bridgehead atoms. The molecule has 0 radical (unpaired) electrons. The van der Waals surface area contributed by atoms with Crippen LogP contribution < -0.4 is 4.74 Å². The minimum absolute atomic E-state index is 0.0338. The van der Waals surface area contributed by atoms with Gasteiger partial charge in [0.2, 0.25) is 0 Å². The van der Waals surface area contributed by atoms with Gasteiger partial charge in [0.05, 0.1) is 7.11 Å². The number of methoxy groups -OCH3 is 1. The SMILES string of the molecule is CC1=[C-]CC=C1.COc1cc(O)cc(C(C)(C)C)c1.[CH2]=[Ti+]. The number of hydrogen-bond acceptors (Lipinski definition) is 2. The Morgan fingerprint density at radius 2 is 1.86 bits per heavy atom. The third-order valence-electron chi connectivity index (χ3n) is 2.86. The standard InChI is InChI=1S/C11H16O2.C6H7.CH2.Ti/c1-11(2,3)8-5-9(12)7-10(6-8)13-4;1-6-4-2-3-5-6;;/h5-7,12H,1-4H3;2,4H,3H2,1H3;1H2;/q;-1;;+1. The van der Waals surface area contributed by atoms with Crippen LogP contribution in [0.1, 0.15) is 39.7 Å². The van der Waals surface area contributed by atoms with Gasteiger partial charge >= 0.3 is 24.8 Å². The summed E-state index contributed by atoms with van der Waals surface area (Å²) in [7, 11) is 1.60. The number of phenolic OH excluding ortho intramolecular Hbond substituents is 1. The maximum absolute atomic E-state index is 9.41. The molecule has 113 valence electrons. The zero-order chi connectivity index (χ0) is 16.5. The molecule has 0 spiro atoms. The Balaban J connectivity index is 0.000000416. The molecule has 1 aliphatic rings. The molecule has 0 aliphatic heterocycles. The molecule has 1 aliphatic carbocycles. The molecule has 0 amide bonds. The second-order valence-electron chi connectivity index (χ2n) is 5.64. The van der Waals surface area contributed by atoms with Crippen LogP contribution >= 0.6 is 0 Å². The van der Waals surface area contributed by atoms with E-state index in [4.69, 9.17) is 4.74 Å². The van der Waals surface area contributed by atoms with Crippen molar-refractivity contribution < 1.29 is 29.8 Å². The van der Waals surface area contributed by atoms with Crippen molar-refractivity contribution in [2.24, 2.45) is 0 Å². The van der Waals surface area contributed by atoms with Crippen LogP contribution in [0.4, 0.5) is 0 Å². The number of rotatable bonds is 1. The molecule has 2 rings (SSSR count). The fourth-order valence-corrected chi connectivity index (χ4v) is 1.65. The van der Waals surface area contributed by atoms with E-state index in [0.717, 1.165) is 12.0 Å². The van der Waals surface area contributed by atoms with E-state index < -0.39 is 0 Å². The van der Waals surface area contributed by atoms with E-state index in [1.807, 2.05) is 6.07 Å². The van der Waals surface area contributed by atoms with E-state index in [1.54, 1.807) is 39.2 Å². The monoisotopic (exact) mass is 321 g/mol. The molecule has 21 heavy (non-hydrogen) atoms.